The molecule has 0 radical (unpaired) electrons. The molecule has 0 aliphatic rings. The second-order valence-corrected chi connectivity index (χ2v) is 2.52. The van der Waals surface area contributed by atoms with Gasteiger partial charge in [0.25, 0.3) is 0 Å². The van der Waals surface area contributed by atoms with E-state index in [-0.39, 0.29) is 5.75 Å². The number of nitrogens with two attached hydrogens (primary N) is 2. The lowest BCUT2D eigenvalue weighted by Crippen LogP contribution is -1.86. The van der Waals surface area contributed by atoms with Gasteiger partial charge in [0.1, 0.15) is 5.75 Å². The molecule has 0 aromatic heterocycles. The van der Waals surface area contributed by atoms with Crippen LogP contribution in [0.15, 0.2) is 23.1 Å². The van der Waals surface area contributed by atoms with E-state index in [0.717, 1.165) is 11.9 Å². The molecule has 0 saturated heterocycles. The van der Waals surface area contributed by atoms with Crippen molar-refractivity contribution in [1.82, 2.24) is 0 Å². The van der Waals surface area contributed by atoms with Crippen molar-refractivity contribution in [2.45, 2.75) is 4.90 Å². The highest BCUT2D eigenvalue weighted by molar-refractivity contribution is 7.97. The van der Waals surface area contributed by atoms with Crippen molar-refractivity contribution < 1.29 is 5.11 Å². The molecule has 3 nitrogen and oxygen atoms in total. The van der Waals surface area contributed by atoms with Crippen LogP contribution >= 0.6 is 11.9 Å². The second-order valence-electron chi connectivity index (χ2n) is 1.85. The molecule has 0 amide bonds. The fourth-order valence-corrected chi connectivity index (χ4v) is 1.02. The van der Waals surface area contributed by atoms with Crippen molar-refractivity contribution in [3.05, 3.63) is 18.2 Å². The van der Waals surface area contributed by atoms with Crippen LogP contribution in [-0.4, -0.2) is 5.11 Å². The lowest BCUT2D eigenvalue weighted by Gasteiger charge is -1.99. The Hall–Kier alpha value is -0.870. The summed E-state index contributed by atoms with van der Waals surface area (Å²) in [6.45, 7) is 0. The van der Waals surface area contributed by atoms with Crippen LogP contribution in [0.3, 0.4) is 0 Å². The quantitative estimate of drug-likeness (QED) is 0.321. The minimum atomic E-state index is 0.168. The molecule has 0 fully saturated rings. The summed E-state index contributed by atoms with van der Waals surface area (Å²) in [6, 6.07) is 4.76. The predicted octanol–water partition coefficient (Wildman–Crippen LogP) is 0.940. The summed E-state index contributed by atoms with van der Waals surface area (Å²) in [5.74, 6) is 0.168. The van der Waals surface area contributed by atoms with E-state index < -0.39 is 0 Å². The predicted molar refractivity (Wildman–Crippen MR) is 42.6 cm³/mol. The van der Waals surface area contributed by atoms with E-state index in [1.54, 1.807) is 12.1 Å². The molecule has 54 valence electrons. The summed E-state index contributed by atoms with van der Waals surface area (Å²) in [4.78, 5) is 0.597. The number of phenols is 1. The maximum atomic E-state index is 9.08. The van der Waals surface area contributed by atoms with Crippen LogP contribution < -0.4 is 10.9 Å². The summed E-state index contributed by atoms with van der Waals surface area (Å²) in [6.07, 6.45) is 0. The Morgan fingerprint density at radius 2 is 2.10 bits per heavy atom. The summed E-state index contributed by atoms with van der Waals surface area (Å²) < 4.78 is 0. The van der Waals surface area contributed by atoms with Gasteiger partial charge < -0.3 is 10.8 Å². The highest BCUT2D eigenvalue weighted by Gasteiger charge is 1.98. The van der Waals surface area contributed by atoms with Crippen LogP contribution in [0, 0.1) is 0 Å². The smallest absolute Gasteiger partial charge is 0.130 e. The van der Waals surface area contributed by atoms with Gasteiger partial charge in [0.05, 0.1) is 4.90 Å². The highest BCUT2D eigenvalue weighted by atomic mass is 32.2. The van der Waals surface area contributed by atoms with E-state index in [4.69, 9.17) is 16.0 Å². The number of anilines is 1. The van der Waals surface area contributed by atoms with E-state index in [9.17, 15) is 0 Å². The van der Waals surface area contributed by atoms with Crippen LogP contribution in [0.1, 0.15) is 0 Å². The molecule has 5 N–H and O–H groups in total. The number of benzene rings is 1. The molecule has 0 unspecified atom stereocenters. The first-order valence-electron chi connectivity index (χ1n) is 2.69. The molecule has 1 rings (SSSR count). The van der Waals surface area contributed by atoms with Gasteiger partial charge in [-0.2, -0.15) is 0 Å². The molecule has 1 aromatic carbocycles. The topological polar surface area (TPSA) is 72.3 Å². The molecule has 1 aromatic rings. The molecule has 0 heterocycles. The standard InChI is InChI=1S/C6H8N2OS/c7-4-1-2-5(9)6(3-4)10-8/h1-3,9H,7-8H2. The SMILES string of the molecule is NSc1cc(N)ccc1O. The maximum Gasteiger partial charge on any atom is 0.130 e. The van der Waals surface area contributed by atoms with Gasteiger partial charge in [-0.1, -0.05) is 0 Å². The molecule has 0 atom stereocenters. The Morgan fingerprint density at radius 3 is 2.60 bits per heavy atom. The normalized spacial score (nSPS) is 9.70. The molecule has 0 bridgehead atoms. The van der Waals surface area contributed by atoms with Crippen LogP contribution in [0.25, 0.3) is 0 Å². The molecule has 4 heteroatoms. The van der Waals surface area contributed by atoms with Crippen molar-refractivity contribution in [2.75, 3.05) is 5.73 Å². The Balaban J connectivity index is 3.09. The average Bonchev–Trinajstić information content (AvgIpc) is 1.94. The van der Waals surface area contributed by atoms with Gasteiger partial charge in [0, 0.05) is 5.69 Å². The Morgan fingerprint density at radius 1 is 1.40 bits per heavy atom. The molecule has 10 heavy (non-hydrogen) atoms. The van der Waals surface area contributed by atoms with Gasteiger partial charge >= 0.3 is 0 Å². The zero-order valence-corrected chi connectivity index (χ0v) is 6.06. The van der Waals surface area contributed by atoms with Gasteiger partial charge in [0.2, 0.25) is 0 Å². The van der Waals surface area contributed by atoms with E-state index in [0.29, 0.717) is 10.6 Å². The summed E-state index contributed by atoms with van der Waals surface area (Å²) in [5.41, 5.74) is 6.03. The lowest BCUT2D eigenvalue weighted by atomic mass is 10.3. The minimum absolute atomic E-state index is 0.168. The zero-order valence-electron chi connectivity index (χ0n) is 5.24. The molecular formula is C6H8N2OS. The highest BCUT2D eigenvalue weighted by Crippen LogP contribution is 2.26. The van der Waals surface area contributed by atoms with Crippen molar-refractivity contribution in [2.24, 2.45) is 5.14 Å². The van der Waals surface area contributed by atoms with Crippen LogP contribution in [0.5, 0.6) is 5.75 Å². The van der Waals surface area contributed by atoms with Crippen LogP contribution in [-0.2, 0) is 0 Å². The molecule has 0 spiro atoms. The maximum absolute atomic E-state index is 9.08. The summed E-state index contributed by atoms with van der Waals surface area (Å²) in [5, 5.41) is 14.3. The lowest BCUT2D eigenvalue weighted by molar-refractivity contribution is 0.462. The Bertz CT molecular complexity index is 239. The number of hydrogen-bond acceptors (Lipinski definition) is 4. The molecule has 0 aliphatic carbocycles. The third-order valence-corrected chi connectivity index (χ3v) is 1.69. The Kier molecular flexibility index (Phi) is 2.03. The van der Waals surface area contributed by atoms with Gasteiger partial charge in [-0.15, -0.1) is 0 Å². The van der Waals surface area contributed by atoms with Crippen molar-refractivity contribution in [3.8, 4) is 5.75 Å². The molecule has 0 saturated carbocycles. The largest absolute Gasteiger partial charge is 0.507 e. The summed E-state index contributed by atoms with van der Waals surface area (Å²) >= 11 is 0.980. The van der Waals surface area contributed by atoms with Gasteiger partial charge in [0.15, 0.2) is 0 Å². The van der Waals surface area contributed by atoms with Crippen LogP contribution in [0.4, 0.5) is 5.69 Å². The van der Waals surface area contributed by atoms with E-state index >= 15 is 0 Å². The van der Waals surface area contributed by atoms with E-state index in [2.05, 4.69) is 0 Å². The van der Waals surface area contributed by atoms with E-state index in [1.165, 1.54) is 6.07 Å². The number of rotatable bonds is 1. The minimum Gasteiger partial charge on any atom is -0.507 e. The third-order valence-electron chi connectivity index (χ3n) is 1.11. The number of aromatic hydroxyl groups is 1. The van der Waals surface area contributed by atoms with Crippen molar-refractivity contribution >= 4 is 17.6 Å². The summed E-state index contributed by atoms with van der Waals surface area (Å²) in [7, 11) is 0. The first-order chi connectivity index (χ1) is 4.74. The Labute approximate surface area is 63.2 Å². The first-order valence-corrected chi connectivity index (χ1v) is 3.57. The van der Waals surface area contributed by atoms with Gasteiger partial charge in [-0.25, -0.2) is 0 Å². The number of hydrogen-bond donors (Lipinski definition) is 3. The molecule has 0 aliphatic heterocycles. The third kappa shape index (κ3) is 1.34. The fourth-order valence-electron chi connectivity index (χ4n) is 0.625. The number of phenolic OH excluding ortho intramolecular Hbond substituents is 1. The monoisotopic (exact) mass is 156 g/mol. The van der Waals surface area contributed by atoms with Crippen molar-refractivity contribution in [3.63, 3.8) is 0 Å². The average molecular weight is 156 g/mol. The number of nitrogen functional groups attached to an aromatic ring is 1. The fraction of sp³-hybridized carbons (Fsp3) is 0. The van der Waals surface area contributed by atoms with Gasteiger partial charge in [-0.05, 0) is 30.1 Å². The zero-order chi connectivity index (χ0) is 7.56. The van der Waals surface area contributed by atoms with E-state index in [1.807, 2.05) is 0 Å². The van der Waals surface area contributed by atoms with Gasteiger partial charge in [-0.3, -0.25) is 5.14 Å². The van der Waals surface area contributed by atoms with Crippen molar-refractivity contribution in [1.29, 1.82) is 0 Å². The van der Waals surface area contributed by atoms with Crippen LogP contribution in [0.2, 0.25) is 0 Å². The second kappa shape index (κ2) is 2.81. The first kappa shape index (κ1) is 7.24. The molecular weight excluding hydrogens is 148 g/mol.